The van der Waals surface area contributed by atoms with Gasteiger partial charge in [0.2, 0.25) is 0 Å². The van der Waals surface area contributed by atoms with Gasteiger partial charge in [0, 0.05) is 25.8 Å². The monoisotopic (exact) mass is 277 g/mol. The van der Waals surface area contributed by atoms with Gasteiger partial charge in [-0.3, -0.25) is 0 Å². The molecule has 1 atom stereocenters. The maximum atomic E-state index is 11.7. The standard InChI is InChI=1S/C14H19N3O3/c1-9(5-6-18)8-15-14(19)17-11-3-4-13-12(7-11)16-10(2)20-13/h3-4,7,9,18H,5-6,8H2,1-2H3,(H2,15,17,19). The lowest BCUT2D eigenvalue weighted by atomic mass is 10.1. The van der Waals surface area contributed by atoms with E-state index in [0.717, 1.165) is 0 Å². The Kier molecular flexibility index (Phi) is 4.57. The summed E-state index contributed by atoms with van der Waals surface area (Å²) < 4.78 is 5.37. The molecule has 1 aromatic heterocycles. The smallest absolute Gasteiger partial charge is 0.319 e. The van der Waals surface area contributed by atoms with Crippen molar-refractivity contribution in [1.29, 1.82) is 0 Å². The molecule has 20 heavy (non-hydrogen) atoms. The second kappa shape index (κ2) is 6.38. The van der Waals surface area contributed by atoms with Crippen LogP contribution in [0, 0.1) is 12.8 Å². The average Bonchev–Trinajstić information content (AvgIpc) is 2.76. The maximum absolute atomic E-state index is 11.7. The Balaban J connectivity index is 1.92. The van der Waals surface area contributed by atoms with Crippen molar-refractivity contribution in [3.8, 4) is 0 Å². The lowest BCUT2D eigenvalue weighted by Gasteiger charge is -2.12. The summed E-state index contributed by atoms with van der Waals surface area (Å²) in [6.07, 6.45) is 0.671. The number of carbonyl (C=O) groups is 1. The Labute approximate surface area is 117 Å². The van der Waals surface area contributed by atoms with Gasteiger partial charge >= 0.3 is 6.03 Å². The number of hydrogen-bond donors (Lipinski definition) is 3. The quantitative estimate of drug-likeness (QED) is 0.782. The number of anilines is 1. The first-order valence-corrected chi connectivity index (χ1v) is 6.61. The molecule has 0 spiro atoms. The third-order valence-corrected chi connectivity index (χ3v) is 2.99. The fraction of sp³-hybridized carbons (Fsp3) is 0.429. The largest absolute Gasteiger partial charge is 0.441 e. The summed E-state index contributed by atoms with van der Waals surface area (Å²) in [5.41, 5.74) is 2.08. The molecule has 2 amide bonds. The molecule has 108 valence electrons. The van der Waals surface area contributed by atoms with E-state index in [0.29, 0.717) is 35.6 Å². The molecule has 3 N–H and O–H groups in total. The minimum atomic E-state index is -0.269. The number of hydrogen-bond acceptors (Lipinski definition) is 4. The molecule has 0 aliphatic heterocycles. The Bertz CT molecular complexity index is 594. The number of nitrogens with one attached hydrogen (secondary N) is 2. The molecular weight excluding hydrogens is 258 g/mol. The van der Waals surface area contributed by atoms with Crippen molar-refractivity contribution >= 4 is 22.8 Å². The molecule has 1 aromatic carbocycles. The van der Waals surface area contributed by atoms with Crippen molar-refractivity contribution in [3.05, 3.63) is 24.1 Å². The first-order chi connectivity index (χ1) is 9.58. The first-order valence-electron chi connectivity index (χ1n) is 6.61. The van der Waals surface area contributed by atoms with E-state index in [1.807, 2.05) is 6.92 Å². The number of aliphatic hydroxyl groups excluding tert-OH is 1. The zero-order valence-electron chi connectivity index (χ0n) is 11.6. The van der Waals surface area contributed by atoms with E-state index in [1.165, 1.54) is 0 Å². The molecule has 0 aliphatic carbocycles. The number of nitrogens with zero attached hydrogens (tertiary/aromatic N) is 1. The molecule has 0 bridgehead atoms. The summed E-state index contributed by atoms with van der Waals surface area (Å²) in [5.74, 6) is 0.839. The van der Waals surface area contributed by atoms with Gasteiger partial charge in [-0.05, 0) is 30.5 Å². The van der Waals surface area contributed by atoms with Crippen LogP contribution in [0.2, 0.25) is 0 Å². The second-order valence-corrected chi connectivity index (χ2v) is 4.87. The number of fused-ring (bicyclic) bond motifs is 1. The normalized spacial score (nSPS) is 12.3. The molecule has 2 aromatic rings. The van der Waals surface area contributed by atoms with Crippen molar-refractivity contribution in [3.63, 3.8) is 0 Å². The van der Waals surface area contributed by atoms with Crippen molar-refractivity contribution in [2.24, 2.45) is 5.92 Å². The first kappa shape index (κ1) is 14.3. The molecule has 6 heteroatoms. The fourth-order valence-corrected chi connectivity index (χ4v) is 1.89. The summed E-state index contributed by atoms with van der Waals surface area (Å²) in [4.78, 5) is 15.9. The number of rotatable bonds is 5. The molecule has 0 saturated heterocycles. The van der Waals surface area contributed by atoms with Gasteiger partial charge in [-0.2, -0.15) is 0 Å². The summed E-state index contributed by atoms with van der Waals surface area (Å²) >= 11 is 0. The Hall–Kier alpha value is -2.08. The van der Waals surface area contributed by atoms with Gasteiger partial charge in [0.1, 0.15) is 5.52 Å². The minimum absolute atomic E-state index is 0.132. The van der Waals surface area contributed by atoms with Gasteiger partial charge in [0.15, 0.2) is 11.5 Å². The molecule has 2 rings (SSSR count). The summed E-state index contributed by atoms with van der Waals surface area (Å²) in [6, 6.07) is 5.04. The SMILES string of the molecule is Cc1nc2cc(NC(=O)NCC(C)CCO)ccc2o1. The molecule has 1 heterocycles. The van der Waals surface area contributed by atoms with Gasteiger partial charge < -0.3 is 20.2 Å². The molecule has 1 unspecified atom stereocenters. The highest BCUT2D eigenvalue weighted by Gasteiger charge is 2.07. The number of aliphatic hydroxyl groups is 1. The molecule has 0 aliphatic rings. The van der Waals surface area contributed by atoms with Crippen LogP contribution in [0.4, 0.5) is 10.5 Å². The van der Waals surface area contributed by atoms with E-state index in [2.05, 4.69) is 15.6 Å². The lowest BCUT2D eigenvalue weighted by Crippen LogP contribution is -2.32. The fourth-order valence-electron chi connectivity index (χ4n) is 1.89. The zero-order valence-corrected chi connectivity index (χ0v) is 11.6. The number of aryl methyl sites for hydroxylation is 1. The second-order valence-electron chi connectivity index (χ2n) is 4.87. The van der Waals surface area contributed by atoms with Crippen molar-refractivity contribution < 1.29 is 14.3 Å². The minimum Gasteiger partial charge on any atom is -0.441 e. The topological polar surface area (TPSA) is 87.4 Å². The number of aromatic nitrogens is 1. The van der Waals surface area contributed by atoms with Crippen LogP contribution in [0.5, 0.6) is 0 Å². The van der Waals surface area contributed by atoms with E-state index in [4.69, 9.17) is 9.52 Å². The third-order valence-electron chi connectivity index (χ3n) is 2.99. The van der Waals surface area contributed by atoms with Crippen LogP contribution in [0.3, 0.4) is 0 Å². The zero-order chi connectivity index (χ0) is 14.5. The summed E-state index contributed by atoms with van der Waals surface area (Å²) in [5, 5.41) is 14.3. The number of amides is 2. The van der Waals surface area contributed by atoms with Gasteiger partial charge in [-0.1, -0.05) is 6.92 Å². The summed E-state index contributed by atoms with van der Waals surface area (Å²) in [7, 11) is 0. The molecular formula is C14H19N3O3. The number of benzene rings is 1. The predicted octanol–water partition coefficient (Wildman–Crippen LogP) is 2.28. The lowest BCUT2D eigenvalue weighted by molar-refractivity contribution is 0.243. The Morgan fingerprint density at radius 2 is 2.30 bits per heavy atom. The number of oxazole rings is 1. The summed E-state index contributed by atoms with van der Waals surface area (Å²) in [6.45, 7) is 4.41. The third kappa shape index (κ3) is 3.71. The van der Waals surface area contributed by atoms with Crippen molar-refractivity contribution in [2.75, 3.05) is 18.5 Å². The number of urea groups is 1. The molecule has 0 radical (unpaired) electrons. The van der Waals surface area contributed by atoms with E-state index >= 15 is 0 Å². The average molecular weight is 277 g/mol. The Morgan fingerprint density at radius 3 is 3.05 bits per heavy atom. The van der Waals surface area contributed by atoms with Crippen LogP contribution in [-0.4, -0.2) is 29.3 Å². The predicted molar refractivity (Wildman–Crippen MR) is 76.6 cm³/mol. The van der Waals surface area contributed by atoms with Crippen LogP contribution in [-0.2, 0) is 0 Å². The maximum Gasteiger partial charge on any atom is 0.319 e. The number of carbonyl (C=O) groups excluding carboxylic acids is 1. The Morgan fingerprint density at radius 1 is 1.50 bits per heavy atom. The molecule has 0 fully saturated rings. The van der Waals surface area contributed by atoms with Crippen LogP contribution in [0.1, 0.15) is 19.2 Å². The van der Waals surface area contributed by atoms with Crippen LogP contribution >= 0.6 is 0 Å². The van der Waals surface area contributed by atoms with E-state index in [-0.39, 0.29) is 18.6 Å². The van der Waals surface area contributed by atoms with E-state index in [9.17, 15) is 4.79 Å². The van der Waals surface area contributed by atoms with Gasteiger partial charge in [0.25, 0.3) is 0 Å². The van der Waals surface area contributed by atoms with E-state index in [1.54, 1.807) is 25.1 Å². The molecule has 6 nitrogen and oxygen atoms in total. The van der Waals surface area contributed by atoms with Crippen molar-refractivity contribution in [1.82, 2.24) is 10.3 Å². The highest BCUT2D eigenvalue weighted by Crippen LogP contribution is 2.19. The highest BCUT2D eigenvalue weighted by atomic mass is 16.3. The van der Waals surface area contributed by atoms with Gasteiger partial charge in [0.05, 0.1) is 0 Å². The van der Waals surface area contributed by atoms with Crippen LogP contribution in [0.25, 0.3) is 11.1 Å². The van der Waals surface area contributed by atoms with Crippen LogP contribution < -0.4 is 10.6 Å². The molecule has 0 saturated carbocycles. The van der Waals surface area contributed by atoms with Gasteiger partial charge in [-0.15, -0.1) is 0 Å². The highest BCUT2D eigenvalue weighted by molar-refractivity contribution is 5.91. The van der Waals surface area contributed by atoms with Crippen molar-refractivity contribution in [2.45, 2.75) is 20.3 Å². The van der Waals surface area contributed by atoms with Gasteiger partial charge in [-0.25, -0.2) is 9.78 Å². The van der Waals surface area contributed by atoms with Crippen LogP contribution in [0.15, 0.2) is 22.6 Å². The van der Waals surface area contributed by atoms with E-state index < -0.39 is 0 Å².